The number of ketones is 1. The summed E-state index contributed by atoms with van der Waals surface area (Å²) in [4.78, 5) is 52.1. The van der Waals surface area contributed by atoms with Gasteiger partial charge in [0.15, 0.2) is 17.1 Å². The van der Waals surface area contributed by atoms with Crippen molar-refractivity contribution < 1.29 is 47.0 Å². The summed E-state index contributed by atoms with van der Waals surface area (Å²) in [7, 11) is 0. The van der Waals surface area contributed by atoms with Crippen molar-refractivity contribution in [2.24, 2.45) is 28.6 Å². The molecule has 0 unspecified atom stereocenters. The Bertz CT molecular complexity index is 1370. The van der Waals surface area contributed by atoms with Crippen molar-refractivity contribution in [2.75, 3.05) is 6.61 Å². The van der Waals surface area contributed by atoms with E-state index in [1.807, 2.05) is 0 Å². The normalized spacial score (nSPS) is 44.9. The smallest absolute Gasteiger partial charge is 0.375 e. The molecule has 220 valence electrons. The number of hydrogen-bond donors (Lipinski definition) is 1. The lowest BCUT2D eigenvalue weighted by atomic mass is 9.44. The Labute approximate surface area is 239 Å². The van der Waals surface area contributed by atoms with Gasteiger partial charge in [0.2, 0.25) is 10.9 Å². The molecular formula is C30H32F2O8S. The number of esters is 2. The minimum atomic E-state index is -2.35. The number of halogens is 2. The minimum Gasteiger partial charge on any atom is -0.465 e. The van der Waals surface area contributed by atoms with Crippen LogP contribution in [-0.4, -0.2) is 63.3 Å². The molecular weight excluding hydrogens is 558 g/mol. The van der Waals surface area contributed by atoms with Crippen molar-refractivity contribution in [2.45, 2.75) is 75.2 Å². The maximum absolute atomic E-state index is 17.6. The highest BCUT2D eigenvalue weighted by Crippen LogP contribution is 2.72. The van der Waals surface area contributed by atoms with E-state index in [2.05, 4.69) is 0 Å². The summed E-state index contributed by atoms with van der Waals surface area (Å²) in [6.07, 6.45) is 1.56. The van der Waals surface area contributed by atoms with Crippen LogP contribution in [0.5, 0.6) is 0 Å². The number of alkyl halides is 2. The number of aliphatic hydroxyl groups excluding tert-OH is 1. The molecule has 1 aromatic rings. The van der Waals surface area contributed by atoms with E-state index in [1.165, 1.54) is 37.5 Å². The van der Waals surface area contributed by atoms with E-state index < -0.39 is 80.2 Å². The third kappa shape index (κ3) is 3.66. The lowest BCUT2D eigenvalue weighted by Crippen LogP contribution is -2.70. The van der Waals surface area contributed by atoms with Crippen LogP contribution in [0.3, 0.4) is 0 Å². The number of fused-ring (bicyclic) bond motifs is 5. The molecule has 5 aliphatic rings. The summed E-state index contributed by atoms with van der Waals surface area (Å²) in [6.45, 7) is 5.07. The van der Waals surface area contributed by atoms with Gasteiger partial charge in [0.25, 0.3) is 0 Å². The Kier molecular flexibility index (Phi) is 6.47. The Morgan fingerprint density at radius 2 is 1.95 bits per heavy atom. The number of furan rings is 1. The van der Waals surface area contributed by atoms with Gasteiger partial charge in [-0.25, -0.2) is 13.6 Å². The molecule has 11 heteroatoms. The van der Waals surface area contributed by atoms with Crippen LogP contribution in [0.1, 0.15) is 57.0 Å². The molecule has 0 spiro atoms. The first-order valence-corrected chi connectivity index (χ1v) is 14.8. The third-order valence-electron chi connectivity index (χ3n) is 10.6. The maximum Gasteiger partial charge on any atom is 0.375 e. The van der Waals surface area contributed by atoms with Crippen LogP contribution >= 0.6 is 11.8 Å². The molecule has 2 heterocycles. The Morgan fingerprint density at radius 3 is 2.61 bits per heavy atom. The van der Waals surface area contributed by atoms with Crippen LogP contribution < -0.4 is 0 Å². The molecule has 0 bridgehead atoms. The van der Waals surface area contributed by atoms with Gasteiger partial charge in [-0.15, -0.1) is 0 Å². The number of rotatable bonds is 4. The summed E-state index contributed by atoms with van der Waals surface area (Å²) in [5, 5.41) is 10.3. The Balaban J connectivity index is 1.46. The average molecular weight is 591 g/mol. The second-order valence-corrected chi connectivity index (χ2v) is 13.6. The van der Waals surface area contributed by atoms with E-state index in [4.69, 9.17) is 13.9 Å². The maximum atomic E-state index is 17.6. The SMILES string of the molecule is C[C@@H]1C[C@H]2[C@@H]3C[C@H](F)C4=CC(=O)C=C[C@]4(C)[C@@]3(F)[C@@H](O)C[C@]2(C)[C@@]1(OC(=O)c1ccco1)C(=O)S[C@H]1CCOC1=O. The number of carbonyl (C=O) groups is 4. The van der Waals surface area contributed by atoms with Crippen molar-refractivity contribution >= 4 is 34.6 Å². The van der Waals surface area contributed by atoms with Crippen LogP contribution in [0, 0.1) is 28.6 Å². The Hall–Kier alpha value is -2.79. The molecule has 4 fully saturated rings. The van der Waals surface area contributed by atoms with E-state index in [-0.39, 0.29) is 37.2 Å². The van der Waals surface area contributed by atoms with Gasteiger partial charge in [-0.2, -0.15) is 0 Å². The topological polar surface area (TPSA) is 120 Å². The molecule has 1 aromatic heterocycles. The van der Waals surface area contributed by atoms with Gasteiger partial charge in [0, 0.05) is 29.1 Å². The van der Waals surface area contributed by atoms with Gasteiger partial charge >= 0.3 is 11.9 Å². The van der Waals surface area contributed by atoms with Gasteiger partial charge in [0.05, 0.1) is 19.0 Å². The van der Waals surface area contributed by atoms with Crippen LogP contribution in [-0.2, 0) is 23.9 Å². The van der Waals surface area contributed by atoms with Crippen molar-refractivity contribution in [1.29, 1.82) is 0 Å². The number of ether oxygens (including phenoxy) is 2. The summed E-state index contributed by atoms with van der Waals surface area (Å²) >= 11 is 0.728. The predicted octanol–water partition coefficient (Wildman–Crippen LogP) is 4.32. The number of cyclic esters (lactones) is 1. The fraction of sp³-hybridized carbons (Fsp3) is 0.600. The van der Waals surface area contributed by atoms with Crippen LogP contribution in [0.2, 0.25) is 0 Å². The van der Waals surface area contributed by atoms with Crippen molar-refractivity contribution in [1.82, 2.24) is 0 Å². The highest BCUT2D eigenvalue weighted by atomic mass is 32.2. The summed E-state index contributed by atoms with van der Waals surface area (Å²) in [6, 6.07) is 2.89. The number of aliphatic hydroxyl groups is 1. The van der Waals surface area contributed by atoms with Crippen molar-refractivity contribution in [3.63, 3.8) is 0 Å². The highest BCUT2D eigenvalue weighted by Gasteiger charge is 2.78. The molecule has 6 rings (SSSR count). The summed E-state index contributed by atoms with van der Waals surface area (Å²) in [5.41, 5.74) is -7.16. The van der Waals surface area contributed by atoms with E-state index in [1.54, 1.807) is 13.8 Å². The third-order valence-corrected chi connectivity index (χ3v) is 11.8. The fourth-order valence-electron chi connectivity index (χ4n) is 8.61. The fourth-order valence-corrected chi connectivity index (χ4v) is 9.90. The van der Waals surface area contributed by atoms with Crippen molar-refractivity contribution in [3.8, 4) is 0 Å². The van der Waals surface area contributed by atoms with E-state index in [0.717, 1.165) is 17.8 Å². The molecule has 1 saturated heterocycles. The monoisotopic (exact) mass is 590 g/mol. The zero-order valence-electron chi connectivity index (χ0n) is 22.9. The molecule has 3 saturated carbocycles. The first-order valence-electron chi connectivity index (χ1n) is 13.9. The molecule has 1 aliphatic heterocycles. The standard InChI is InChI=1S/C30H32F2O8S/c1-15-11-17-18-13-20(31)19-12-16(33)6-8-27(19,2)29(18,32)23(34)14-28(17,3)30(15,40-24(35)21-5-4-9-38-21)26(37)41-22-7-10-39-25(22)36/h4-6,8-9,12,15,17-18,20,22-23,34H,7,10-11,13-14H2,1-3H3/t15-,17+,18+,20+,22+,23+,27+,28+,29+,30+/m1/s1. The Morgan fingerprint density at radius 1 is 1.20 bits per heavy atom. The van der Waals surface area contributed by atoms with Gasteiger partial charge in [0.1, 0.15) is 11.4 Å². The van der Waals surface area contributed by atoms with Gasteiger partial charge in [-0.1, -0.05) is 31.7 Å². The quantitative estimate of drug-likeness (QED) is 0.512. The molecule has 0 amide bonds. The van der Waals surface area contributed by atoms with Gasteiger partial charge < -0.3 is 19.0 Å². The zero-order valence-corrected chi connectivity index (χ0v) is 23.7. The van der Waals surface area contributed by atoms with Gasteiger partial charge in [-0.3, -0.25) is 14.4 Å². The molecule has 1 N–H and O–H groups in total. The summed E-state index contributed by atoms with van der Waals surface area (Å²) in [5.74, 6) is -4.45. The number of thioether (sulfide) groups is 1. The largest absolute Gasteiger partial charge is 0.465 e. The highest BCUT2D eigenvalue weighted by molar-refractivity contribution is 8.14. The first kappa shape index (κ1) is 28.3. The minimum absolute atomic E-state index is 0.000614. The second kappa shape index (κ2) is 9.36. The van der Waals surface area contributed by atoms with Crippen LogP contribution in [0.25, 0.3) is 0 Å². The number of hydrogen-bond acceptors (Lipinski definition) is 9. The molecule has 8 nitrogen and oxygen atoms in total. The molecule has 10 atom stereocenters. The average Bonchev–Trinajstić information content (AvgIpc) is 3.64. The molecule has 0 aromatic carbocycles. The lowest BCUT2D eigenvalue weighted by molar-refractivity contribution is -0.221. The molecule has 4 aliphatic carbocycles. The van der Waals surface area contributed by atoms with Crippen LogP contribution in [0.4, 0.5) is 8.78 Å². The lowest BCUT2D eigenvalue weighted by Gasteiger charge is -2.63. The second-order valence-electron chi connectivity index (χ2n) is 12.4. The van der Waals surface area contributed by atoms with E-state index >= 15 is 8.78 Å². The van der Waals surface area contributed by atoms with Gasteiger partial charge in [-0.05, 0) is 62.0 Å². The molecule has 0 radical (unpaired) electrons. The first-order chi connectivity index (χ1) is 19.3. The van der Waals surface area contributed by atoms with Crippen molar-refractivity contribution in [3.05, 3.63) is 48.0 Å². The van der Waals surface area contributed by atoms with Crippen LogP contribution in [0.15, 0.2) is 46.6 Å². The number of carbonyl (C=O) groups excluding carboxylic acids is 4. The number of allylic oxidation sites excluding steroid dienone is 4. The zero-order chi connectivity index (χ0) is 29.5. The van der Waals surface area contributed by atoms with E-state index in [0.29, 0.717) is 6.42 Å². The summed E-state index contributed by atoms with van der Waals surface area (Å²) < 4.78 is 49.8. The predicted molar refractivity (Wildman–Crippen MR) is 142 cm³/mol. The van der Waals surface area contributed by atoms with E-state index in [9.17, 15) is 24.3 Å². The molecule has 41 heavy (non-hydrogen) atoms.